The Labute approximate surface area is 276 Å². The first kappa shape index (κ1) is 36.1. The number of para-hydroxylation sites is 1. The van der Waals surface area contributed by atoms with Crippen LogP contribution in [-0.4, -0.2) is 67.3 Å². The molecule has 4 rings (SSSR count). The van der Waals surface area contributed by atoms with Crippen molar-refractivity contribution in [3.05, 3.63) is 59.7 Å². The van der Waals surface area contributed by atoms with E-state index < -0.39 is 64.9 Å². The fourth-order valence-corrected chi connectivity index (χ4v) is 9.91. The highest BCUT2D eigenvalue weighted by Gasteiger charge is 2.43. The number of primary sulfonamides is 2. The Bertz CT molecular complexity index is 1980. The summed E-state index contributed by atoms with van der Waals surface area (Å²) in [6.45, 7) is 4.45. The Balaban J connectivity index is 1.56. The van der Waals surface area contributed by atoms with E-state index in [-0.39, 0.29) is 43.9 Å². The third kappa shape index (κ3) is 8.04. The van der Waals surface area contributed by atoms with Gasteiger partial charge in [0.2, 0.25) is 26.8 Å². The van der Waals surface area contributed by atoms with Gasteiger partial charge in [0.1, 0.15) is 19.1 Å². The molecule has 1 amide bonds. The Kier molecular flexibility index (Phi) is 10.9. The van der Waals surface area contributed by atoms with Crippen LogP contribution in [0.1, 0.15) is 55.6 Å². The lowest BCUT2D eigenvalue weighted by Crippen LogP contribution is -2.40. The van der Waals surface area contributed by atoms with Crippen LogP contribution < -0.4 is 20.3 Å². The van der Waals surface area contributed by atoms with E-state index in [1.54, 1.807) is 37.3 Å². The number of hydrogen-bond donors (Lipinski definition) is 3. The highest BCUT2D eigenvalue weighted by atomic mass is 32.3. The maximum atomic E-state index is 13.2. The molecule has 0 radical (unpaired) electrons. The van der Waals surface area contributed by atoms with Gasteiger partial charge in [0.15, 0.2) is 15.6 Å². The van der Waals surface area contributed by atoms with Crippen LogP contribution in [0, 0.1) is 0 Å². The van der Waals surface area contributed by atoms with E-state index in [0.717, 1.165) is 12.1 Å². The first-order valence-corrected chi connectivity index (χ1v) is 19.6. The number of carbonyl (C=O) groups excluding carboxylic acids is 2. The third-order valence-corrected chi connectivity index (χ3v) is 13.4. The van der Waals surface area contributed by atoms with E-state index in [1.165, 1.54) is 17.9 Å². The molecule has 0 saturated heterocycles. The Morgan fingerprint density at radius 2 is 1.70 bits per heavy atom. The minimum atomic E-state index is -4.42. The zero-order valence-corrected chi connectivity index (χ0v) is 28.8. The van der Waals surface area contributed by atoms with Crippen LogP contribution >= 0.6 is 11.3 Å². The van der Waals surface area contributed by atoms with Crippen molar-refractivity contribution in [3.8, 4) is 11.5 Å². The van der Waals surface area contributed by atoms with Gasteiger partial charge in [-0.25, -0.2) is 45.1 Å². The van der Waals surface area contributed by atoms with Gasteiger partial charge < -0.3 is 24.4 Å². The van der Waals surface area contributed by atoms with Crippen molar-refractivity contribution in [1.29, 1.82) is 0 Å². The first-order valence-electron chi connectivity index (χ1n) is 14.2. The van der Waals surface area contributed by atoms with Gasteiger partial charge in [0.25, 0.3) is 0 Å². The number of anilines is 1. The van der Waals surface area contributed by atoms with Gasteiger partial charge in [-0.2, -0.15) is 0 Å². The predicted molar refractivity (Wildman–Crippen MR) is 172 cm³/mol. The fraction of sp³-hybridized carbons (Fsp3) is 0.357. The topological polar surface area (TPSA) is 232 Å². The summed E-state index contributed by atoms with van der Waals surface area (Å²) in [5, 5.41) is 12.8. The molecule has 0 saturated carbocycles. The summed E-state index contributed by atoms with van der Waals surface area (Å²) in [5.41, 5.74) is 0.00433. The number of benzene rings is 2. The molecule has 2 atom stereocenters. The Morgan fingerprint density at radius 1 is 1.02 bits per heavy atom. The molecule has 5 N–H and O–H groups in total. The summed E-state index contributed by atoms with van der Waals surface area (Å²) in [6, 6.07) is 10.9. The number of ether oxygens (including phenoxy) is 3. The lowest BCUT2D eigenvalue weighted by Gasteiger charge is -2.35. The third-order valence-electron chi connectivity index (χ3n) is 7.13. The number of thiophene rings is 1. The van der Waals surface area contributed by atoms with Crippen LogP contribution in [0.4, 0.5) is 10.5 Å². The lowest BCUT2D eigenvalue weighted by atomic mass is 10.0. The fourth-order valence-electron chi connectivity index (χ4n) is 4.82. The number of nitrogens with one attached hydrogen (secondary N) is 1. The molecule has 1 aliphatic rings. The van der Waals surface area contributed by atoms with Crippen molar-refractivity contribution in [2.24, 2.45) is 10.3 Å². The maximum absolute atomic E-state index is 13.2. The second-order valence-electron chi connectivity index (χ2n) is 10.4. The van der Waals surface area contributed by atoms with Crippen LogP contribution in [0.5, 0.6) is 11.5 Å². The summed E-state index contributed by atoms with van der Waals surface area (Å²) in [4.78, 5) is 26.9. The summed E-state index contributed by atoms with van der Waals surface area (Å²) >= 11 is 0.511. The molecular weight excluding hydrogens is 697 g/mol. The van der Waals surface area contributed by atoms with Crippen LogP contribution in [0.25, 0.3) is 0 Å². The van der Waals surface area contributed by atoms with Crippen molar-refractivity contribution in [3.63, 3.8) is 0 Å². The summed E-state index contributed by atoms with van der Waals surface area (Å²) in [7, 11) is -12.5. The number of sulfonamides is 2. The molecule has 2 aromatic carbocycles. The number of nitrogens with zero attached hydrogens (tertiary/aromatic N) is 1. The van der Waals surface area contributed by atoms with E-state index >= 15 is 0 Å². The molecular formula is C28H34N4O11S4. The molecule has 256 valence electrons. The van der Waals surface area contributed by atoms with Gasteiger partial charge in [0.05, 0.1) is 22.5 Å². The largest absolute Gasteiger partial charge is 0.454 e. The van der Waals surface area contributed by atoms with Crippen molar-refractivity contribution >= 4 is 59.0 Å². The molecule has 0 fully saturated rings. The molecule has 15 nitrogen and oxygen atoms in total. The number of nitrogens with two attached hydrogens (primary N) is 2. The molecule has 1 aromatic heterocycles. The van der Waals surface area contributed by atoms with Gasteiger partial charge in [-0.1, -0.05) is 25.1 Å². The molecule has 3 aromatic rings. The monoisotopic (exact) mass is 730 g/mol. The number of fused-ring (bicyclic) bond motifs is 1. The zero-order chi connectivity index (χ0) is 34.7. The molecule has 47 heavy (non-hydrogen) atoms. The smallest absolute Gasteiger partial charge is 0.413 e. The van der Waals surface area contributed by atoms with E-state index in [4.69, 9.17) is 24.5 Å². The molecule has 0 bridgehead atoms. The number of sulfone groups is 1. The summed E-state index contributed by atoms with van der Waals surface area (Å²) in [5.74, 6) is -0.859. The standard InChI is InChI=1S/C28H34N4O11S4/c1-4-11-31-21-13-18(14-23(46(29,37)38)25(21)43-19-9-7-6-8-10-19)26(33)41-16-42-28(34)32(5-2)22-12-17(3)45(35,36)27-20(22)15-24(44-27)47(30,39)40/h6-10,13-15,17,22,31H,4-5,11-12,16H2,1-3H3,(H2,29,37,38)(H2,30,39,40)/t17-,22-/m0/s1. The highest BCUT2D eigenvalue weighted by molar-refractivity contribution is 7.95. The zero-order valence-electron chi connectivity index (χ0n) is 25.5. The van der Waals surface area contributed by atoms with Crippen molar-refractivity contribution in [2.75, 3.05) is 25.2 Å². The minimum Gasteiger partial charge on any atom is -0.454 e. The summed E-state index contributed by atoms with van der Waals surface area (Å²) < 4.78 is 90.6. The summed E-state index contributed by atoms with van der Waals surface area (Å²) in [6.07, 6.45) is -0.385. The second-order valence-corrected chi connectivity index (χ2v) is 17.4. The number of hydrogen-bond acceptors (Lipinski definition) is 13. The van der Waals surface area contributed by atoms with Crippen LogP contribution in [0.2, 0.25) is 0 Å². The minimum absolute atomic E-state index is 0.0251. The van der Waals surface area contributed by atoms with Gasteiger partial charge in [0, 0.05) is 18.7 Å². The number of esters is 1. The van der Waals surface area contributed by atoms with E-state index in [9.17, 15) is 34.8 Å². The van der Waals surface area contributed by atoms with Crippen molar-refractivity contribution < 1.29 is 49.1 Å². The van der Waals surface area contributed by atoms with Gasteiger partial charge in [-0.15, -0.1) is 11.3 Å². The molecule has 2 heterocycles. The SMILES string of the molecule is CCCNc1cc(C(=O)OCOC(=O)N(CC)[C@H]2C[C@H](C)S(=O)(=O)c3sc(S(N)(=O)=O)cc32)cc(S(N)(=O)=O)c1Oc1ccccc1. The first-order chi connectivity index (χ1) is 22.0. The maximum Gasteiger partial charge on any atom is 0.413 e. The molecule has 0 unspecified atom stereocenters. The number of amides is 1. The quantitative estimate of drug-likeness (QED) is 0.179. The Morgan fingerprint density at radius 3 is 2.30 bits per heavy atom. The number of carbonyl (C=O) groups is 2. The van der Waals surface area contributed by atoms with Gasteiger partial charge in [-0.05, 0) is 57.0 Å². The van der Waals surface area contributed by atoms with E-state index in [2.05, 4.69) is 5.32 Å². The predicted octanol–water partition coefficient (Wildman–Crippen LogP) is 3.54. The normalized spacial score (nSPS) is 17.3. The highest BCUT2D eigenvalue weighted by Crippen LogP contribution is 2.45. The van der Waals surface area contributed by atoms with Crippen LogP contribution in [0.15, 0.2) is 61.8 Å². The second kappa shape index (κ2) is 14.2. The van der Waals surface area contributed by atoms with Gasteiger partial charge >= 0.3 is 12.1 Å². The van der Waals surface area contributed by atoms with Crippen molar-refractivity contribution in [2.45, 2.75) is 58.2 Å². The van der Waals surface area contributed by atoms with Gasteiger partial charge in [-0.3, -0.25) is 0 Å². The molecule has 19 heteroatoms. The molecule has 0 spiro atoms. The number of rotatable bonds is 12. The van der Waals surface area contributed by atoms with Crippen molar-refractivity contribution in [1.82, 2.24) is 4.90 Å². The Hall–Kier alpha value is -3.75. The van der Waals surface area contributed by atoms with E-state index in [0.29, 0.717) is 30.1 Å². The molecule has 1 aliphatic heterocycles. The van der Waals surface area contributed by atoms with E-state index in [1.807, 2.05) is 6.92 Å². The van der Waals surface area contributed by atoms with Crippen LogP contribution in [-0.2, 0) is 39.4 Å². The van der Waals surface area contributed by atoms with Crippen LogP contribution in [0.3, 0.4) is 0 Å². The average Bonchev–Trinajstić information content (AvgIpc) is 3.47. The lowest BCUT2D eigenvalue weighted by molar-refractivity contribution is -0.0157. The average molecular weight is 731 g/mol. The molecule has 0 aliphatic carbocycles.